The van der Waals surface area contributed by atoms with Gasteiger partial charge in [-0.3, -0.25) is 5.32 Å². The fourth-order valence-electron chi connectivity index (χ4n) is 2.96. The van der Waals surface area contributed by atoms with Crippen molar-refractivity contribution < 1.29 is 23.8 Å². The normalized spacial score (nSPS) is 12.9. The average Bonchev–Trinajstić information content (AvgIpc) is 2.68. The van der Waals surface area contributed by atoms with Gasteiger partial charge in [0.25, 0.3) is 0 Å². The number of ether oxygens (including phenoxy) is 3. The van der Waals surface area contributed by atoms with Crippen LogP contribution in [-0.2, 0) is 17.8 Å². The molecule has 3 rings (SSSR count). The second-order valence-electron chi connectivity index (χ2n) is 5.95. The van der Waals surface area contributed by atoms with Gasteiger partial charge < -0.3 is 19.1 Å². The van der Waals surface area contributed by atoms with E-state index in [0.29, 0.717) is 22.9 Å². The van der Waals surface area contributed by atoms with Gasteiger partial charge in [-0.05, 0) is 18.6 Å². The summed E-state index contributed by atoms with van der Waals surface area (Å²) >= 11 is 0. The van der Waals surface area contributed by atoms with Gasteiger partial charge in [-0.2, -0.15) is 0 Å². The van der Waals surface area contributed by atoms with Crippen LogP contribution in [0.1, 0.15) is 27.2 Å². The Balaban J connectivity index is 1.95. The second-order valence-corrected chi connectivity index (χ2v) is 5.95. The van der Waals surface area contributed by atoms with Gasteiger partial charge in [0.2, 0.25) is 0 Å². The highest BCUT2D eigenvalue weighted by atomic mass is 16.5. The van der Waals surface area contributed by atoms with Gasteiger partial charge in [0.05, 0.1) is 34.4 Å². The van der Waals surface area contributed by atoms with Crippen molar-refractivity contribution in [3.05, 3.63) is 40.8 Å². The monoisotopic (exact) mass is 372 g/mol. The van der Waals surface area contributed by atoms with Crippen LogP contribution in [0.3, 0.4) is 0 Å². The summed E-state index contributed by atoms with van der Waals surface area (Å²) in [5.41, 5.74) is 2.40. The van der Waals surface area contributed by atoms with Crippen molar-refractivity contribution in [1.29, 1.82) is 0 Å². The van der Waals surface area contributed by atoms with Gasteiger partial charge in [-0.25, -0.2) is 19.6 Å². The quantitative estimate of drug-likeness (QED) is 0.802. The van der Waals surface area contributed by atoms with E-state index in [0.717, 1.165) is 11.1 Å². The standard InChI is InChI=1S/C18H20N4O5/c1-10-5-11(25-2)6-14(26-3)12(10)7-22-8-13-15(17(23)27-4)19-9-20-16(13)21-18(22)24/h5-6,9H,7-8H2,1-4H3,(H,19,20,21,24). The Kier molecular flexibility index (Phi) is 5.11. The van der Waals surface area contributed by atoms with Gasteiger partial charge in [0, 0.05) is 17.2 Å². The molecule has 1 aliphatic heterocycles. The molecule has 0 saturated heterocycles. The number of anilines is 1. The van der Waals surface area contributed by atoms with E-state index in [-0.39, 0.29) is 24.8 Å². The van der Waals surface area contributed by atoms with Crippen LogP contribution in [-0.4, -0.2) is 48.2 Å². The Labute approximate surface area is 156 Å². The first-order valence-corrected chi connectivity index (χ1v) is 8.18. The lowest BCUT2D eigenvalue weighted by atomic mass is 10.1. The van der Waals surface area contributed by atoms with Crippen molar-refractivity contribution in [3.63, 3.8) is 0 Å². The van der Waals surface area contributed by atoms with Crippen molar-refractivity contribution in [3.8, 4) is 11.5 Å². The number of aromatic nitrogens is 2. The molecular weight excluding hydrogens is 352 g/mol. The zero-order chi connectivity index (χ0) is 19.6. The number of hydrogen-bond acceptors (Lipinski definition) is 7. The molecule has 0 bridgehead atoms. The van der Waals surface area contributed by atoms with E-state index in [9.17, 15) is 9.59 Å². The molecule has 0 saturated carbocycles. The highest BCUT2D eigenvalue weighted by molar-refractivity contribution is 5.96. The van der Waals surface area contributed by atoms with E-state index < -0.39 is 5.97 Å². The number of urea groups is 1. The fourth-order valence-corrected chi connectivity index (χ4v) is 2.96. The number of amides is 2. The Hall–Kier alpha value is -3.36. The van der Waals surface area contributed by atoms with Crippen LogP contribution in [0.15, 0.2) is 18.5 Å². The zero-order valence-electron chi connectivity index (χ0n) is 15.5. The predicted octanol–water partition coefficient (Wildman–Crippen LogP) is 2.14. The zero-order valence-corrected chi connectivity index (χ0v) is 15.5. The van der Waals surface area contributed by atoms with Crippen LogP contribution in [0.4, 0.5) is 10.6 Å². The molecule has 27 heavy (non-hydrogen) atoms. The SMILES string of the molecule is COC(=O)c1ncnc2c1CN(Cc1c(C)cc(OC)cc1OC)C(=O)N2. The van der Waals surface area contributed by atoms with E-state index in [4.69, 9.17) is 14.2 Å². The fraction of sp³-hybridized carbons (Fsp3) is 0.333. The summed E-state index contributed by atoms with van der Waals surface area (Å²) in [6.07, 6.45) is 1.22. The molecule has 9 heteroatoms. The Bertz CT molecular complexity index is 900. The summed E-state index contributed by atoms with van der Waals surface area (Å²) < 4.78 is 15.5. The first kappa shape index (κ1) is 18.4. The number of methoxy groups -OCH3 is 3. The third-order valence-electron chi connectivity index (χ3n) is 4.40. The van der Waals surface area contributed by atoms with Crippen LogP contribution < -0.4 is 14.8 Å². The summed E-state index contributed by atoms with van der Waals surface area (Å²) in [5, 5.41) is 2.69. The maximum Gasteiger partial charge on any atom is 0.357 e. The molecule has 0 atom stereocenters. The van der Waals surface area contributed by atoms with Gasteiger partial charge in [-0.1, -0.05) is 0 Å². The second kappa shape index (κ2) is 7.48. The first-order valence-electron chi connectivity index (χ1n) is 8.18. The highest BCUT2D eigenvalue weighted by Crippen LogP contribution is 2.32. The van der Waals surface area contributed by atoms with Crippen LogP contribution in [0, 0.1) is 6.92 Å². The summed E-state index contributed by atoms with van der Waals surface area (Å²) in [6, 6.07) is 3.31. The molecule has 2 aromatic rings. The molecule has 1 aliphatic rings. The van der Waals surface area contributed by atoms with E-state index in [1.807, 2.05) is 13.0 Å². The number of carbonyl (C=O) groups excluding carboxylic acids is 2. The van der Waals surface area contributed by atoms with E-state index in [2.05, 4.69) is 15.3 Å². The Morgan fingerprint density at radius 2 is 2.00 bits per heavy atom. The Morgan fingerprint density at radius 3 is 2.67 bits per heavy atom. The predicted molar refractivity (Wildman–Crippen MR) is 95.9 cm³/mol. The number of rotatable bonds is 5. The van der Waals surface area contributed by atoms with Crippen LogP contribution in [0.5, 0.6) is 11.5 Å². The molecule has 2 amide bonds. The molecule has 1 aromatic heterocycles. The molecule has 142 valence electrons. The number of fused-ring (bicyclic) bond motifs is 1. The number of esters is 1. The third kappa shape index (κ3) is 3.48. The highest BCUT2D eigenvalue weighted by Gasteiger charge is 2.29. The van der Waals surface area contributed by atoms with Gasteiger partial charge in [0.15, 0.2) is 5.69 Å². The molecule has 1 N–H and O–H groups in total. The molecule has 1 aromatic carbocycles. The lowest BCUT2D eigenvalue weighted by Crippen LogP contribution is -2.39. The molecule has 0 aliphatic carbocycles. The largest absolute Gasteiger partial charge is 0.497 e. The lowest BCUT2D eigenvalue weighted by Gasteiger charge is -2.30. The number of benzene rings is 1. The van der Waals surface area contributed by atoms with Crippen LogP contribution >= 0.6 is 0 Å². The molecule has 0 fully saturated rings. The summed E-state index contributed by atoms with van der Waals surface area (Å²) in [5.74, 6) is 1.01. The number of aryl methyl sites for hydroxylation is 1. The van der Waals surface area contributed by atoms with Crippen molar-refractivity contribution in [2.75, 3.05) is 26.6 Å². The van der Waals surface area contributed by atoms with Crippen molar-refractivity contribution >= 4 is 17.8 Å². The van der Waals surface area contributed by atoms with Crippen molar-refractivity contribution in [1.82, 2.24) is 14.9 Å². The van der Waals surface area contributed by atoms with Gasteiger partial charge >= 0.3 is 12.0 Å². The minimum atomic E-state index is -0.581. The molecular formula is C18H20N4O5. The smallest absolute Gasteiger partial charge is 0.357 e. The van der Waals surface area contributed by atoms with Crippen LogP contribution in [0.2, 0.25) is 0 Å². The summed E-state index contributed by atoms with van der Waals surface area (Å²) in [7, 11) is 4.42. The first-order chi connectivity index (χ1) is 13.0. The number of nitrogens with zero attached hydrogens (tertiary/aromatic N) is 3. The van der Waals surface area contributed by atoms with E-state index in [1.54, 1.807) is 25.2 Å². The average molecular weight is 372 g/mol. The molecule has 0 radical (unpaired) electrons. The lowest BCUT2D eigenvalue weighted by molar-refractivity contribution is 0.0591. The van der Waals surface area contributed by atoms with Crippen molar-refractivity contribution in [2.45, 2.75) is 20.0 Å². The maximum absolute atomic E-state index is 12.5. The van der Waals surface area contributed by atoms with E-state index in [1.165, 1.54) is 13.4 Å². The minimum absolute atomic E-state index is 0.130. The number of carbonyl (C=O) groups is 2. The third-order valence-corrected chi connectivity index (χ3v) is 4.40. The van der Waals surface area contributed by atoms with Gasteiger partial charge in [0.1, 0.15) is 23.6 Å². The summed E-state index contributed by atoms with van der Waals surface area (Å²) in [6.45, 7) is 2.36. The minimum Gasteiger partial charge on any atom is -0.497 e. The molecule has 2 heterocycles. The summed E-state index contributed by atoms with van der Waals surface area (Å²) in [4.78, 5) is 34.1. The van der Waals surface area contributed by atoms with Crippen molar-refractivity contribution in [2.24, 2.45) is 0 Å². The van der Waals surface area contributed by atoms with E-state index >= 15 is 0 Å². The molecule has 0 unspecified atom stereocenters. The van der Waals surface area contributed by atoms with Gasteiger partial charge in [-0.15, -0.1) is 0 Å². The van der Waals surface area contributed by atoms with Crippen LogP contribution in [0.25, 0.3) is 0 Å². The topological polar surface area (TPSA) is 103 Å². The number of hydrogen-bond donors (Lipinski definition) is 1. The molecule has 0 spiro atoms. The Morgan fingerprint density at radius 1 is 1.22 bits per heavy atom. The number of nitrogens with one attached hydrogen (secondary N) is 1. The molecule has 9 nitrogen and oxygen atoms in total. The maximum atomic E-state index is 12.5.